The summed E-state index contributed by atoms with van der Waals surface area (Å²) >= 11 is 5.59. The van der Waals surface area contributed by atoms with Crippen molar-refractivity contribution in [3.63, 3.8) is 0 Å². The first kappa shape index (κ1) is 23.3. The minimum Gasteiger partial charge on any atom is -0.321 e. The summed E-state index contributed by atoms with van der Waals surface area (Å²) in [4.78, 5) is 25.1. The Bertz CT molecular complexity index is 1120. The molecule has 170 valence electrons. The molecule has 0 aliphatic carbocycles. The Labute approximate surface area is 184 Å². The van der Waals surface area contributed by atoms with Crippen molar-refractivity contribution in [2.24, 2.45) is 0 Å². The van der Waals surface area contributed by atoms with Gasteiger partial charge in [-0.1, -0.05) is 29.8 Å². The maximum Gasteiger partial charge on any atom is 0.283 e. The van der Waals surface area contributed by atoms with E-state index in [-0.39, 0.29) is 11.4 Å². The first-order valence-corrected chi connectivity index (χ1v) is 9.65. The summed E-state index contributed by atoms with van der Waals surface area (Å²) in [6.07, 6.45) is -5.04. The molecule has 0 aliphatic rings. The molecule has 1 aromatic carbocycles. The Morgan fingerprint density at radius 3 is 2.34 bits per heavy atom. The van der Waals surface area contributed by atoms with E-state index in [0.717, 1.165) is 0 Å². The third kappa shape index (κ3) is 5.07. The highest BCUT2D eigenvalue weighted by Crippen LogP contribution is 2.34. The lowest BCUT2D eigenvalue weighted by Crippen LogP contribution is -2.23. The van der Waals surface area contributed by atoms with Gasteiger partial charge in [0.15, 0.2) is 5.69 Å². The Kier molecular flexibility index (Phi) is 7.13. The van der Waals surface area contributed by atoms with Gasteiger partial charge in [0.2, 0.25) is 5.91 Å². The number of nitrogens with zero attached hydrogens (tertiary/aromatic N) is 4. The molecular formula is C19H17ClF4N6O2. The lowest BCUT2D eigenvalue weighted by molar-refractivity contribution is -0.117. The fourth-order valence-electron chi connectivity index (χ4n) is 2.82. The second kappa shape index (κ2) is 9.81. The van der Waals surface area contributed by atoms with E-state index in [1.807, 2.05) is 0 Å². The van der Waals surface area contributed by atoms with Crippen LogP contribution in [0.3, 0.4) is 0 Å². The summed E-state index contributed by atoms with van der Waals surface area (Å²) in [6.45, 7) is 1.30. The Morgan fingerprint density at radius 1 is 1.06 bits per heavy atom. The minimum atomic E-state index is -3.23. The molecule has 0 unspecified atom stereocenters. The molecule has 2 amide bonds. The van der Waals surface area contributed by atoms with Crippen LogP contribution < -0.4 is 10.6 Å². The van der Waals surface area contributed by atoms with Crippen LogP contribution in [0.2, 0.25) is 5.02 Å². The fourth-order valence-corrected chi connectivity index (χ4v) is 3.12. The Balaban J connectivity index is 1.82. The molecule has 0 spiro atoms. The van der Waals surface area contributed by atoms with E-state index in [9.17, 15) is 27.2 Å². The van der Waals surface area contributed by atoms with Crippen LogP contribution in [0.15, 0.2) is 36.5 Å². The third-order valence-corrected chi connectivity index (χ3v) is 4.66. The van der Waals surface area contributed by atoms with Gasteiger partial charge in [0.1, 0.15) is 17.9 Å². The Morgan fingerprint density at radius 2 is 1.75 bits per heavy atom. The van der Waals surface area contributed by atoms with E-state index < -0.39 is 47.6 Å². The number of carbonyl (C=O) groups excluding carboxylic acids is 2. The number of aryl methyl sites for hydroxylation is 1. The Hall–Kier alpha value is -3.41. The highest BCUT2D eigenvalue weighted by atomic mass is 35.5. The number of nitrogens with one attached hydrogen (secondary N) is 2. The number of rotatable bonds is 8. The molecule has 8 nitrogen and oxygen atoms in total. The number of amides is 2. The van der Waals surface area contributed by atoms with Crippen molar-refractivity contribution in [2.45, 2.75) is 32.9 Å². The predicted molar refractivity (Wildman–Crippen MR) is 108 cm³/mol. The van der Waals surface area contributed by atoms with E-state index in [1.165, 1.54) is 10.9 Å². The number of alkyl halides is 4. The van der Waals surface area contributed by atoms with Gasteiger partial charge in [-0.15, -0.1) is 0 Å². The van der Waals surface area contributed by atoms with Gasteiger partial charge in [0.05, 0.1) is 10.7 Å². The molecule has 0 radical (unpaired) electrons. The average molecular weight is 473 g/mol. The van der Waals surface area contributed by atoms with E-state index in [4.69, 9.17) is 11.6 Å². The van der Waals surface area contributed by atoms with Gasteiger partial charge in [-0.25, -0.2) is 17.6 Å². The van der Waals surface area contributed by atoms with Crippen LogP contribution >= 0.6 is 11.6 Å². The van der Waals surface area contributed by atoms with Crippen molar-refractivity contribution in [2.75, 3.05) is 10.6 Å². The summed E-state index contributed by atoms with van der Waals surface area (Å²) in [7, 11) is 0. The maximum absolute atomic E-state index is 13.3. The number of hydrogen-bond acceptors (Lipinski definition) is 4. The van der Waals surface area contributed by atoms with Gasteiger partial charge in [0.25, 0.3) is 18.8 Å². The topological polar surface area (TPSA) is 93.8 Å². The molecule has 2 N–H and O–H groups in total. The van der Waals surface area contributed by atoms with Gasteiger partial charge >= 0.3 is 0 Å². The summed E-state index contributed by atoms with van der Waals surface area (Å²) in [5.74, 6) is -1.51. The van der Waals surface area contributed by atoms with E-state index >= 15 is 0 Å². The average Bonchev–Trinajstić information content (AvgIpc) is 3.29. The lowest BCUT2D eigenvalue weighted by Gasteiger charge is -2.09. The monoisotopic (exact) mass is 472 g/mol. The highest BCUT2D eigenvalue weighted by molar-refractivity contribution is 6.32. The third-order valence-electron chi connectivity index (χ3n) is 4.27. The van der Waals surface area contributed by atoms with Crippen molar-refractivity contribution in [3.05, 3.63) is 58.6 Å². The molecule has 0 fully saturated rings. The molecule has 3 aromatic rings. The van der Waals surface area contributed by atoms with Gasteiger partial charge in [0, 0.05) is 18.4 Å². The number of carbonyl (C=O) groups is 2. The quantitative estimate of drug-likeness (QED) is 0.471. The van der Waals surface area contributed by atoms with Crippen LogP contribution in [0.5, 0.6) is 0 Å². The number of hydrogen-bond donors (Lipinski definition) is 2. The highest BCUT2D eigenvalue weighted by Gasteiger charge is 2.29. The van der Waals surface area contributed by atoms with Gasteiger partial charge in [-0.05, 0) is 19.1 Å². The molecule has 13 heteroatoms. The first-order valence-electron chi connectivity index (χ1n) is 9.27. The molecule has 0 bridgehead atoms. The van der Waals surface area contributed by atoms with Crippen LogP contribution in [0.25, 0.3) is 0 Å². The number of halogens is 5. The maximum atomic E-state index is 13.3. The summed E-state index contributed by atoms with van der Waals surface area (Å²) in [5.41, 5.74) is -1.66. The number of benzene rings is 1. The second-order valence-electron chi connectivity index (χ2n) is 6.46. The summed E-state index contributed by atoms with van der Waals surface area (Å²) < 4.78 is 54.3. The van der Waals surface area contributed by atoms with E-state index in [1.54, 1.807) is 37.3 Å². The molecule has 3 rings (SSSR count). The summed E-state index contributed by atoms with van der Waals surface area (Å²) in [5, 5.41) is 11.5. The van der Waals surface area contributed by atoms with Crippen LogP contribution in [-0.2, 0) is 17.9 Å². The minimum absolute atomic E-state index is 0.0104. The van der Waals surface area contributed by atoms with Crippen LogP contribution in [-0.4, -0.2) is 31.4 Å². The molecule has 32 heavy (non-hydrogen) atoms. The van der Waals surface area contributed by atoms with Crippen molar-refractivity contribution >= 4 is 34.8 Å². The summed E-state index contributed by atoms with van der Waals surface area (Å²) in [6, 6.07) is 8.50. The first-order chi connectivity index (χ1) is 15.2. The molecule has 0 saturated heterocycles. The van der Waals surface area contributed by atoms with Crippen molar-refractivity contribution in [3.8, 4) is 0 Å². The molecule has 2 aromatic heterocycles. The second-order valence-corrected chi connectivity index (χ2v) is 6.84. The molecule has 0 saturated carbocycles. The van der Waals surface area contributed by atoms with E-state index in [0.29, 0.717) is 16.9 Å². The van der Waals surface area contributed by atoms with Gasteiger partial charge < -0.3 is 10.6 Å². The SMILES string of the molecule is CCn1cc(NC(=O)Cn2nc(C(F)F)c(Cl)c2C(F)F)c(C(=O)Nc2ccccc2)n1. The van der Waals surface area contributed by atoms with Crippen LogP contribution in [0.4, 0.5) is 28.9 Å². The van der Waals surface area contributed by atoms with Gasteiger partial charge in [-0.3, -0.25) is 19.0 Å². The predicted octanol–water partition coefficient (Wildman–Crippen LogP) is 4.52. The van der Waals surface area contributed by atoms with E-state index in [2.05, 4.69) is 20.8 Å². The smallest absolute Gasteiger partial charge is 0.283 e. The van der Waals surface area contributed by atoms with Gasteiger partial charge in [-0.2, -0.15) is 10.2 Å². The van der Waals surface area contributed by atoms with Crippen LogP contribution in [0, 0.1) is 0 Å². The number of aromatic nitrogens is 4. The van der Waals surface area contributed by atoms with Crippen LogP contribution in [0.1, 0.15) is 41.7 Å². The molecule has 0 atom stereocenters. The van der Waals surface area contributed by atoms with Crippen molar-refractivity contribution in [1.82, 2.24) is 19.6 Å². The van der Waals surface area contributed by atoms with Crippen molar-refractivity contribution in [1.29, 1.82) is 0 Å². The largest absolute Gasteiger partial charge is 0.321 e. The zero-order chi connectivity index (χ0) is 23.4. The standard InChI is InChI=1S/C19H17ClF4N6O2/c1-2-29-8-11(14(27-29)19(32)25-10-6-4-3-5-7-10)26-12(31)9-30-16(18(23)24)13(20)15(28-30)17(21)22/h3-8,17-18H,2,9H2,1H3,(H,25,32)(H,26,31). The fraction of sp³-hybridized carbons (Fsp3) is 0.263. The van der Waals surface area contributed by atoms with Crippen molar-refractivity contribution < 1.29 is 27.2 Å². The number of para-hydroxylation sites is 1. The number of anilines is 2. The zero-order valence-corrected chi connectivity index (χ0v) is 17.3. The normalized spacial score (nSPS) is 11.2. The lowest BCUT2D eigenvalue weighted by atomic mass is 10.3. The zero-order valence-electron chi connectivity index (χ0n) is 16.5. The molecule has 2 heterocycles. The molecular weight excluding hydrogens is 456 g/mol. The molecule has 0 aliphatic heterocycles.